The molecule has 2 aromatic rings. The first-order valence-electron chi connectivity index (χ1n) is 8.04. The van der Waals surface area contributed by atoms with Gasteiger partial charge in [-0.1, -0.05) is 17.7 Å². The van der Waals surface area contributed by atoms with Gasteiger partial charge in [-0.2, -0.15) is 0 Å². The van der Waals surface area contributed by atoms with Gasteiger partial charge in [0.15, 0.2) is 6.10 Å². The van der Waals surface area contributed by atoms with Crippen LogP contribution < -0.4 is 15.4 Å². The van der Waals surface area contributed by atoms with Crippen LogP contribution in [0.5, 0.6) is 5.75 Å². The SMILES string of the molecule is Cc1ccc(C)c(SCC(=O)Nc2ccc3c(c2)NC(=O)C(C)O3)c1. The van der Waals surface area contributed by atoms with Crippen LogP contribution in [0, 0.1) is 13.8 Å². The van der Waals surface area contributed by atoms with Crippen molar-refractivity contribution >= 4 is 35.0 Å². The Bertz CT molecular complexity index is 835. The standard InChI is InChI=1S/C19H20N2O3S/c1-11-4-5-12(2)17(8-11)25-10-18(22)20-14-6-7-16-15(9-14)21-19(23)13(3)24-16/h4-9,13H,10H2,1-3H3,(H,20,22)(H,21,23). The zero-order chi connectivity index (χ0) is 18.0. The Morgan fingerprint density at radius 2 is 2.04 bits per heavy atom. The third kappa shape index (κ3) is 4.14. The summed E-state index contributed by atoms with van der Waals surface area (Å²) in [5, 5.41) is 5.63. The molecule has 1 aliphatic heterocycles. The highest BCUT2D eigenvalue weighted by atomic mass is 32.2. The molecule has 0 bridgehead atoms. The van der Waals surface area contributed by atoms with E-state index in [2.05, 4.69) is 28.8 Å². The Kier molecular flexibility index (Phi) is 4.99. The molecule has 2 amide bonds. The number of fused-ring (bicyclic) bond motifs is 1. The average Bonchev–Trinajstić information content (AvgIpc) is 2.57. The summed E-state index contributed by atoms with van der Waals surface area (Å²) in [5.41, 5.74) is 3.53. The molecular weight excluding hydrogens is 336 g/mol. The number of hydrogen-bond acceptors (Lipinski definition) is 4. The molecule has 0 spiro atoms. The number of carbonyl (C=O) groups is 2. The van der Waals surface area contributed by atoms with Crippen molar-refractivity contribution in [2.24, 2.45) is 0 Å². The molecule has 0 saturated heterocycles. The number of hydrogen-bond donors (Lipinski definition) is 2. The van der Waals surface area contributed by atoms with Crippen molar-refractivity contribution in [1.82, 2.24) is 0 Å². The minimum absolute atomic E-state index is 0.0951. The fraction of sp³-hybridized carbons (Fsp3) is 0.263. The topological polar surface area (TPSA) is 67.4 Å². The Morgan fingerprint density at radius 1 is 1.24 bits per heavy atom. The van der Waals surface area contributed by atoms with Crippen LogP contribution in [0.2, 0.25) is 0 Å². The number of thioether (sulfide) groups is 1. The molecule has 0 aliphatic carbocycles. The summed E-state index contributed by atoms with van der Waals surface area (Å²) < 4.78 is 5.50. The van der Waals surface area contributed by atoms with Gasteiger partial charge < -0.3 is 15.4 Å². The Hall–Kier alpha value is -2.47. The lowest BCUT2D eigenvalue weighted by Crippen LogP contribution is -2.34. The minimum atomic E-state index is -0.512. The van der Waals surface area contributed by atoms with E-state index in [1.807, 2.05) is 13.8 Å². The van der Waals surface area contributed by atoms with Crippen LogP contribution in [0.1, 0.15) is 18.1 Å². The van der Waals surface area contributed by atoms with E-state index in [1.165, 1.54) is 17.3 Å². The predicted molar refractivity (Wildman–Crippen MR) is 100 cm³/mol. The molecule has 25 heavy (non-hydrogen) atoms. The molecule has 5 nitrogen and oxygen atoms in total. The quantitative estimate of drug-likeness (QED) is 0.819. The van der Waals surface area contributed by atoms with E-state index in [-0.39, 0.29) is 11.8 Å². The Labute approximate surface area is 151 Å². The van der Waals surface area contributed by atoms with Gasteiger partial charge >= 0.3 is 0 Å². The number of anilines is 2. The molecule has 130 valence electrons. The predicted octanol–water partition coefficient (Wildman–Crippen LogP) is 3.75. The minimum Gasteiger partial charge on any atom is -0.479 e. The molecular formula is C19H20N2O3S. The van der Waals surface area contributed by atoms with Gasteiger partial charge in [-0.05, 0) is 50.6 Å². The average molecular weight is 356 g/mol. The maximum absolute atomic E-state index is 12.2. The number of nitrogens with one attached hydrogen (secondary N) is 2. The van der Waals surface area contributed by atoms with Crippen LogP contribution in [0.3, 0.4) is 0 Å². The number of carbonyl (C=O) groups excluding carboxylic acids is 2. The molecule has 0 radical (unpaired) electrons. The van der Waals surface area contributed by atoms with E-state index in [9.17, 15) is 9.59 Å². The van der Waals surface area contributed by atoms with E-state index in [4.69, 9.17) is 4.74 Å². The summed E-state index contributed by atoms with van der Waals surface area (Å²) in [7, 11) is 0. The largest absolute Gasteiger partial charge is 0.479 e. The highest BCUT2D eigenvalue weighted by Crippen LogP contribution is 2.32. The monoisotopic (exact) mass is 356 g/mol. The van der Waals surface area contributed by atoms with Crippen molar-refractivity contribution in [2.45, 2.75) is 31.8 Å². The highest BCUT2D eigenvalue weighted by molar-refractivity contribution is 8.00. The van der Waals surface area contributed by atoms with E-state index < -0.39 is 6.10 Å². The van der Waals surface area contributed by atoms with Crippen LogP contribution in [0.25, 0.3) is 0 Å². The maximum atomic E-state index is 12.2. The Morgan fingerprint density at radius 3 is 2.84 bits per heavy atom. The number of rotatable bonds is 4. The van der Waals surface area contributed by atoms with Crippen molar-refractivity contribution in [3.8, 4) is 5.75 Å². The smallest absolute Gasteiger partial charge is 0.265 e. The lowest BCUT2D eigenvalue weighted by atomic mass is 10.2. The lowest BCUT2D eigenvalue weighted by molar-refractivity contribution is -0.122. The van der Waals surface area contributed by atoms with Gasteiger partial charge in [-0.15, -0.1) is 11.8 Å². The van der Waals surface area contributed by atoms with Gasteiger partial charge in [0.25, 0.3) is 5.91 Å². The van der Waals surface area contributed by atoms with E-state index in [0.29, 0.717) is 22.9 Å². The van der Waals surface area contributed by atoms with Crippen molar-refractivity contribution in [1.29, 1.82) is 0 Å². The molecule has 1 heterocycles. The zero-order valence-electron chi connectivity index (χ0n) is 14.4. The molecule has 2 aromatic carbocycles. The molecule has 0 saturated carbocycles. The van der Waals surface area contributed by atoms with E-state index in [1.54, 1.807) is 25.1 Å². The van der Waals surface area contributed by atoms with Gasteiger partial charge in [0.1, 0.15) is 5.75 Å². The Balaban J connectivity index is 1.63. The summed E-state index contributed by atoms with van der Waals surface area (Å²) in [6, 6.07) is 11.4. The number of aryl methyl sites for hydroxylation is 2. The maximum Gasteiger partial charge on any atom is 0.265 e. The van der Waals surface area contributed by atoms with E-state index in [0.717, 1.165) is 10.5 Å². The lowest BCUT2D eigenvalue weighted by Gasteiger charge is -2.23. The van der Waals surface area contributed by atoms with Crippen LogP contribution in [0.15, 0.2) is 41.3 Å². The molecule has 1 atom stereocenters. The van der Waals surface area contributed by atoms with Crippen LogP contribution >= 0.6 is 11.8 Å². The highest BCUT2D eigenvalue weighted by Gasteiger charge is 2.23. The summed E-state index contributed by atoms with van der Waals surface area (Å²) in [4.78, 5) is 25.0. The molecule has 3 rings (SSSR count). The van der Waals surface area contributed by atoms with Crippen LogP contribution in [0.4, 0.5) is 11.4 Å². The molecule has 0 fully saturated rings. The molecule has 2 N–H and O–H groups in total. The summed E-state index contributed by atoms with van der Waals surface area (Å²) in [5.74, 6) is 0.639. The molecule has 0 aromatic heterocycles. The third-order valence-corrected chi connectivity index (χ3v) is 5.05. The first-order chi connectivity index (χ1) is 11.9. The number of ether oxygens (including phenoxy) is 1. The third-order valence-electron chi connectivity index (χ3n) is 3.90. The molecule has 1 unspecified atom stereocenters. The van der Waals surface area contributed by atoms with Crippen molar-refractivity contribution < 1.29 is 14.3 Å². The first kappa shape index (κ1) is 17.4. The summed E-state index contributed by atoms with van der Waals surface area (Å²) in [6.45, 7) is 5.76. The second-order valence-electron chi connectivity index (χ2n) is 6.07. The number of amides is 2. The van der Waals surface area contributed by atoms with E-state index >= 15 is 0 Å². The van der Waals surface area contributed by atoms with Gasteiger partial charge in [0.2, 0.25) is 5.91 Å². The van der Waals surface area contributed by atoms with Gasteiger partial charge in [-0.25, -0.2) is 0 Å². The molecule has 6 heteroatoms. The molecule has 1 aliphatic rings. The van der Waals surface area contributed by atoms with Crippen molar-refractivity contribution in [3.63, 3.8) is 0 Å². The van der Waals surface area contributed by atoms with Crippen molar-refractivity contribution in [2.75, 3.05) is 16.4 Å². The second-order valence-corrected chi connectivity index (χ2v) is 7.08. The van der Waals surface area contributed by atoms with Gasteiger partial charge in [0, 0.05) is 10.6 Å². The fourth-order valence-electron chi connectivity index (χ4n) is 2.49. The van der Waals surface area contributed by atoms with Crippen molar-refractivity contribution in [3.05, 3.63) is 47.5 Å². The second kappa shape index (κ2) is 7.19. The number of benzene rings is 2. The van der Waals surface area contributed by atoms with Gasteiger partial charge in [-0.3, -0.25) is 9.59 Å². The fourth-order valence-corrected chi connectivity index (χ4v) is 3.41. The summed E-state index contributed by atoms with van der Waals surface area (Å²) >= 11 is 1.51. The summed E-state index contributed by atoms with van der Waals surface area (Å²) in [6.07, 6.45) is -0.512. The normalized spacial score (nSPS) is 15.8. The van der Waals surface area contributed by atoms with Crippen LogP contribution in [-0.4, -0.2) is 23.7 Å². The zero-order valence-corrected chi connectivity index (χ0v) is 15.2. The first-order valence-corrected chi connectivity index (χ1v) is 9.02. The van der Waals surface area contributed by atoms with Crippen LogP contribution in [-0.2, 0) is 9.59 Å². The van der Waals surface area contributed by atoms with Gasteiger partial charge in [0.05, 0.1) is 11.4 Å².